The van der Waals surface area contributed by atoms with E-state index < -0.39 is 0 Å². The molecule has 1 fully saturated rings. The van der Waals surface area contributed by atoms with E-state index in [1.165, 1.54) is 27.5 Å². The average Bonchev–Trinajstić information content (AvgIpc) is 2.99. The maximum Gasteiger partial charge on any atom is 0.258 e. The van der Waals surface area contributed by atoms with E-state index in [-0.39, 0.29) is 35.3 Å². The number of carbonyl (C=O) groups is 1. The topological polar surface area (TPSA) is 80.7 Å². The van der Waals surface area contributed by atoms with Gasteiger partial charge in [0, 0.05) is 42.5 Å². The van der Waals surface area contributed by atoms with Crippen molar-refractivity contribution >= 4 is 46.4 Å². The molecule has 3 rings (SSSR count). The summed E-state index contributed by atoms with van der Waals surface area (Å²) in [6.45, 7) is 5.65. The summed E-state index contributed by atoms with van der Waals surface area (Å²) in [5, 5.41) is 1.84. The van der Waals surface area contributed by atoms with Crippen LogP contribution in [0.4, 0.5) is 0 Å². The van der Waals surface area contributed by atoms with Crippen molar-refractivity contribution in [2.24, 2.45) is 11.1 Å². The Morgan fingerprint density at radius 1 is 1.52 bits per heavy atom. The molecule has 9 heteroatoms. The first-order valence-corrected chi connectivity index (χ1v) is 9.97. The molecule has 1 aliphatic rings. The summed E-state index contributed by atoms with van der Waals surface area (Å²) in [6.07, 6.45) is 2.56. The highest BCUT2D eigenvalue weighted by Crippen LogP contribution is 2.28. The summed E-state index contributed by atoms with van der Waals surface area (Å²) in [4.78, 5) is 31.4. The molecule has 1 saturated heterocycles. The van der Waals surface area contributed by atoms with E-state index in [9.17, 15) is 9.59 Å². The number of nitrogens with two attached hydrogens (primary N) is 1. The summed E-state index contributed by atoms with van der Waals surface area (Å²) in [6, 6.07) is 1.68. The van der Waals surface area contributed by atoms with Gasteiger partial charge in [0.15, 0.2) is 4.96 Å². The first-order chi connectivity index (χ1) is 11.4. The highest BCUT2D eigenvalue weighted by molar-refractivity contribution is 7.99. The minimum Gasteiger partial charge on any atom is -0.341 e. The van der Waals surface area contributed by atoms with E-state index in [0.29, 0.717) is 23.0 Å². The lowest BCUT2D eigenvalue weighted by Crippen LogP contribution is -2.54. The lowest BCUT2D eigenvalue weighted by atomic mass is 9.80. The van der Waals surface area contributed by atoms with Gasteiger partial charge in [-0.1, -0.05) is 13.8 Å². The first-order valence-electron chi connectivity index (χ1n) is 7.94. The molecule has 2 N–H and O–H groups in total. The molecule has 6 nitrogen and oxygen atoms in total. The molecule has 138 valence electrons. The van der Waals surface area contributed by atoms with Crippen LogP contribution >= 0.6 is 35.5 Å². The van der Waals surface area contributed by atoms with Crippen LogP contribution in [-0.2, 0) is 10.5 Å². The van der Waals surface area contributed by atoms with Crippen molar-refractivity contribution in [1.29, 1.82) is 0 Å². The van der Waals surface area contributed by atoms with Gasteiger partial charge in [-0.05, 0) is 11.8 Å². The van der Waals surface area contributed by atoms with Gasteiger partial charge in [0.2, 0.25) is 5.91 Å². The predicted octanol–water partition coefficient (Wildman–Crippen LogP) is 2.00. The van der Waals surface area contributed by atoms with Gasteiger partial charge >= 0.3 is 0 Å². The molecule has 0 spiro atoms. The largest absolute Gasteiger partial charge is 0.341 e. The summed E-state index contributed by atoms with van der Waals surface area (Å²) in [7, 11) is 0. The number of fused-ring (bicyclic) bond motifs is 1. The zero-order valence-electron chi connectivity index (χ0n) is 14.3. The quantitative estimate of drug-likeness (QED) is 0.845. The Bertz CT molecular complexity index is 805. The second-order valence-corrected chi connectivity index (χ2v) is 8.69. The number of hydrogen-bond acceptors (Lipinski definition) is 6. The van der Waals surface area contributed by atoms with E-state index in [0.717, 1.165) is 18.7 Å². The van der Waals surface area contributed by atoms with Gasteiger partial charge < -0.3 is 10.6 Å². The molecule has 0 bridgehead atoms. The lowest BCUT2D eigenvalue weighted by molar-refractivity contribution is -0.131. The second kappa shape index (κ2) is 8.07. The number of thioether (sulfide) groups is 1. The van der Waals surface area contributed by atoms with E-state index >= 15 is 0 Å². The third-order valence-corrected chi connectivity index (χ3v) is 6.20. The Balaban J connectivity index is 0.00000225. The van der Waals surface area contributed by atoms with Crippen LogP contribution < -0.4 is 11.3 Å². The van der Waals surface area contributed by atoms with Crippen LogP contribution in [0, 0.1) is 5.41 Å². The molecule has 0 saturated carbocycles. The number of thiazole rings is 1. The molecular formula is C16H23ClN4O2S2. The van der Waals surface area contributed by atoms with Gasteiger partial charge in [-0.25, -0.2) is 4.98 Å². The molecule has 2 aromatic rings. The average molecular weight is 403 g/mol. The van der Waals surface area contributed by atoms with Crippen LogP contribution in [0.2, 0.25) is 0 Å². The van der Waals surface area contributed by atoms with E-state index in [4.69, 9.17) is 5.73 Å². The molecule has 3 heterocycles. The molecule has 0 aromatic carbocycles. The molecule has 1 atom stereocenters. The van der Waals surface area contributed by atoms with Gasteiger partial charge in [-0.3, -0.25) is 14.0 Å². The van der Waals surface area contributed by atoms with Crippen molar-refractivity contribution in [3.05, 3.63) is 33.7 Å². The fraction of sp³-hybridized carbons (Fsp3) is 0.562. The van der Waals surface area contributed by atoms with Crippen LogP contribution in [0.3, 0.4) is 0 Å². The maximum atomic E-state index is 12.4. The number of nitrogens with zero attached hydrogens (tertiary/aromatic N) is 3. The zero-order chi connectivity index (χ0) is 17.3. The van der Waals surface area contributed by atoms with Crippen molar-refractivity contribution in [3.8, 4) is 0 Å². The van der Waals surface area contributed by atoms with Gasteiger partial charge in [-0.2, -0.15) is 0 Å². The molecule has 0 radical (unpaired) electrons. The Labute approximate surface area is 161 Å². The predicted molar refractivity (Wildman–Crippen MR) is 106 cm³/mol. The Morgan fingerprint density at radius 3 is 3.00 bits per heavy atom. The first kappa shape index (κ1) is 20.2. The van der Waals surface area contributed by atoms with Gasteiger partial charge in [-0.15, -0.1) is 35.5 Å². The molecule has 0 aliphatic carbocycles. The molecule has 1 unspecified atom stereocenters. The Hall–Kier alpha value is -1.09. The van der Waals surface area contributed by atoms with Gasteiger partial charge in [0.05, 0.1) is 11.4 Å². The standard InChI is InChI=1S/C16H22N4O2S2.ClH/c1-16(2)10-19(4-3-12(16)17)14(22)9-23-8-11-7-13(21)20-5-6-24-15(20)18-11;/h5-7,12H,3-4,8-10,17H2,1-2H3;1H. The summed E-state index contributed by atoms with van der Waals surface area (Å²) >= 11 is 2.93. The van der Waals surface area contributed by atoms with Gasteiger partial charge in [0.1, 0.15) is 0 Å². The van der Waals surface area contributed by atoms with Crippen molar-refractivity contribution in [1.82, 2.24) is 14.3 Å². The number of halogens is 1. The third kappa shape index (κ3) is 4.55. The molecule has 1 aliphatic heterocycles. The summed E-state index contributed by atoms with van der Waals surface area (Å²) < 4.78 is 1.53. The van der Waals surface area contributed by atoms with Crippen molar-refractivity contribution < 1.29 is 4.79 Å². The van der Waals surface area contributed by atoms with Crippen LogP contribution in [0.25, 0.3) is 4.96 Å². The van der Waals surface area contributed by atoms with Crippen LogP contribution in [0.15, 0.2) is 22.4 Å². The highest BCUT2D eigenvalue weighted by Gasteiger charge is 2.35. The zero-order valence-corrected chi connectivity index (χ0v) is 16.8. The summed E-state index contributed by atoms with van der Waals surface area (Å²) in [5.41, 5.74) is 6.73. The molecule has 2 aromatic heterocycles. The normalized spacial score (nSPS) is 19.6. The van der Waals surface area contributed by atoms with E-state index in [1.807, 2.05) is 10.3 Å². The lowest BCUT2D eigenvalue weighted by Gasteiger charge is -2.42. The number of piperidine rings is 1. The number of hydrogen-bond donors (Lipinski definition) is 1. The highest BCUT2D eigenvalue weighted by atomic mass is 35.5. The SMILES string of the molecule is CC1(C)CN(C(=O)CSCc2cc(=O)n3ccsc3n2)CCC1N.Cl. The number of carbonyl (C=O) groups excluding carboxylic acids is 1. The maximum absolute atomic E-state index is 12.4. The second-order valence-electron chi connectivity index (χ2n) is 6.83. The number of amides is 1. The minimum absolute atomic E-state index is 0. The number of aromatic nitrogens is 2. The smallest absolute Gasteiger partial charge is 0.258 e. The van der Waals surface area contributed by atoms with Crippen molar-refractivity contribution in [2.75, 3.05) is 18.8 Å². The molecule has 1 amide bonds. The minimum atomic E-state index is -0.0741. The molecule has 25 heavy (non-hydrogen) atoms. The monoisotopic (exact) mass is 402 g/mol. The molecular weight excluding hydrogens is 380 g/mol. The Kier molecular flexibility index (Phi) is 6.53. The van der Waals surface area contributed by atoms with Crippen LogP contribution in [-0.4, -0.2) is 45.1 Å². The van der Waals surface area contributed by atoms with E-state index in [2.05, 4.69) is 18.8 Å². The van der Waals surface area contributed by atoms with E-state index in [1.54, 1.807) is 12.3 Å². The Morgan fingerprint density at radius 2 is 2.28 bits per heavy atom. The van der Waals surface area contributed by atoms with Crippen molar-refractivity contribution in [3.63, 3.8) is 0 Å². The summed E-state index contributed by atoms with van der Waals surface area (Å²) in [5.74, 6) is 1.09. The number of rotatable bonds is 4. The fourth-order valence-electron chi connectivity index (χ4n) is 2.88. The fourth-order valence-corrected chi connectivity index (χ4v) is 4.44. The van der Waals surface area contributed by atoms with Crippen LogP contribution in [0.5, 0.6) is 0 Å². The third-order valence-electron chi connectivity index (χ3n) is 4.50. The van der Waals surface area contributed by atoms with Crippen LogP contribution in [0.1, 0.15) is 26.0 Å². The number of likely N-dealkylation sites (tertiary alicyclic amines) is 1. The van der Waals surface area contributed by atoms with Gasteiger partial charge in [0.25, 0.3) is 5.56 Å². The van der Waals surface area contributed by atoms with Crippen molar-refractivity contribution in [2.45, 2.75) is 32.1 Å².